The monoisotopic (exact) mass is 297 g/mol. The van der Waals surface area contributed by atoms with E-state index < -0.39 is 5.97 Å². The molecule has 0 atom stereocenters. The molecule has 19 heavy (non-hydrogen) atoms. The van der Waals surface area contributed by atoms with E-state index in [1.807, 2.05) is 0 Å². The van der Waals surface area contributed by atoms with Crippen molar-refractivity contribution in [1.82, 2.24) is 9.97 Å². The van der Waals surface area contributed by atoms with E-state index >= 15 is 0 Å². The number of thiazole rings is 2. The lowest BCUT2D eigenvalue weighted by Crippen LogP contribution is -2.25. The summed E-state index contributed by atoms with van der Waals surface area (Å²) in [6, 6.07) is 0. The summed E-state index contributed by atoms with van der Waals surface area (Å²) in [4.78, 5) is 32.3. The summed E-state index contributed by atoms with van der Waals surface area (Å²) >= 11 is 2.68. The van der Waals surface area contributed by atoms with Crippen molar-refractivity contribution in [2.24, 2.45) is 0 Å². The lowest BCUT2D eigenvalue weighted by atomic mass is 10.2. The average molecular weight is 297 g/mol. The second kappa shape index (κ2) is 6.39. The molecule has 0 aliphatic carbocycles. The highest BCUT2D eigenvalue weighted by atomic mass is 32.1. The number of hydrogen-bond acceptors (Lipinski definition) is 6. The Morgan fingerprint density at radius 1 is 1.11 bits per heavy atom. The van der Waals surface area contributed by atoms with Crippen molar-refractivity contribution in [3.05, 3.63) is 23.2 Å². The molecule has 0 fully saturated rings. The number of carbonyl (C=O) groups excluding carboxylic acids is 1. The van der Waals surface area contributed by atoms with Gasteiger partial charge in [-0.3, -0.25) is 9.59 Å². The largest absolute Gasteiger partial charge is 0.481 e. The van der Waals surface area contributed by atoms with Crippen LogP contribution in [-0.4, -0.2) is 27.0 Å². The SMILES string of the molecule is O=C(O)CCCC(=O)N(c1nccs1)c1nccs1. The summed E-state index contributed by atoms with van der Waals surface area (Å²) in [7, 11) is 0. The standard InChI is InChI=1S/C11H11N3O3S2/c15-8(2-1-3-9(16)17)14(10-12-4-6-18-10)11-13-5-7-19-11/h4-7H,1-3H2,(H,16,17). The van der Waals surface area contributed by atoms with Gasteiger partial charge in [0.05, 0.1) is 0 Å². The quantitative estimate of drug-likeness (QED) is 0.885. The van der Waals surface area contributed by atoms with E-state index in [4.69, 9.17) is 5.11 Å². The number of aliphatic carboxylic acids is 1. The molecule has 2 aromatic rings. The van der Waals surface area contributed by atoms with E-state index in [2.05, 4.69) is 9.97 Å². The number of amides is 1. The molecule has 8 heteroatoms. The molecule has 0 bridgehead atoms. The Kier molecular flexibility index (Phi) is 4.58. The molecule has 0 aliphatic heterocycles. The first-order chi connectivity index (χ1) is 9.18. The zero-order chi connectivity index (χ0) is 13.7. The number of carboxylic acids is 1. The molecule has 0 aliphatic rings. The molecule has 0 radical (unpaired) electrons. The predicted octanol–water partition coefficient (Wildman–Crippen LogP) is 2.52. The van der Waals surface area contributed by atoms with Crippen molar-refractivity contribution in [3.8, 4) is 0 Å². The third-order valence-corrected chi connectivity index (χ3v) is 3.77. The molecular weight excluding hydrogens is 286 g/mol. The molecule has 2 heterocycles. The van der Waals surface area contributed by atoms with Crippen LogP contribution in [0.3, 0.4) is 0 Å². The van der Waals surface area contributed by atoms with Gasteiger partial charge in [0.1, 0.15) is 0 Å². The van der Waals surface area contributed by atoms with Crippen LogP contribution in [0.2, 0.25) is 0 Å². The van der Waals surface area contributed by atoms with Crippen LogP contribution < -0.4 is 4.90 Å². The fourth-order valence-electron chi connectivity index (χ4n) is 1.45. The van der Waals surface area contributed by atoms with Crippen molar-refractivity contribution in [3.63, 3.8) is 0 Å². The number of nitrogens with zero attached hydrogens (tertiary/aromatic N) is 3. The molecule has 0 aromatic carbocycles. The van der Waals surface area contributed by atoms with Gasteiger partial charge in [-0.2, -0.15) is 0 Å². The molecule has 6 nitrogen and oxygen atoms in total. The Labute approximate surface area is 117 Å². The first-order valence-corrected chi connectivity index (χ1v) is 7.28. The van der Waals surface area contributed by atoms with Gasteiger partial charge in [-0.05, 0) is 6.42 Å². The summed E-state index contributed by atoms with van der Waals surface area (Å²) in [5, 5.41) is 13.2. The second-order valence-electron chi connectivity index (χ2n) is 3.61. The Morgan fingerprint density at radius 2 is 1.68 bits per heavy atom. The van der Waals surface area contributed by atoms with Crippen molar-refractivity contribution in [2.45, 2.75) is 19.3 Å². The van der Waals surface area contributed by atoms with Crippen molar-refractivity contribution >= 4 is 44.8 Å². The highest BCUT2D eigenvalue weighted by molar-refractivity contribution is 7.16. The Bertz CT molecular complexity index is 505. The molecule has 100 valence electrons. The normalized spacial score (nSPS) is 10.3. The summed E-state index contributed by atoms with van der Waals surface area (Å²) in [6.45, 7) is 0. The first kappa shape index (κ1) is 13.6. The van der Waals surface area contributed by atoms with Crippen molar-refractivity contribution in [2.75, 3.05) is 4.90 Å². The molecule has 0 unspecified atom stereocenters. The highest BCUT2D eigenvalue weighted by Gasteiger charge is 2.22. The Hall–Kier alpha value is -1.80. The Balaban J connectivity index is 2.10. The van der Waals surface area contributed by atoms with Crippen LogP contribution in [-0.2, 0) is 9.59 Å². The van der Waals surface area contributed by atoms with E-state index in [1.165, 1.54) is 27.6 Å². The minimum absolute atomic E-state index is 0.0185. The molecule has 1 N–H and O–H groups in total. The van der Waals surface area contributed by atoms with Gasteiger partial charge in [-0.15, -0.1) is 22.7 Å². The van der Waals surface area contributed by atoms with Crippen molar-refractivity contribution < 1.29 is 14.7 Å². The van der Waals surface area contributed by atoms with E-state index in [9.17, 15) is 9.59 Å². The number of carbonyl (C=O) groups is 2. The van der Waals surface area contributed by atoms with Crippen LogP contribution in [0.1, 0.15) is 19.3 Å². The summed E-state index contributed by atoms with van der Waals surface area (Å²) < 4.78 is 0. The lowest BCUT2D eigenvalue weighted by molar-refractivity contribution is -0.137. The van der Waals surface area contributed by atoms with Gasteiger partial charge >= 0.3 is 5.97 Å². The number of hydrogen-bond donors (Lipinski definition) is 1. The minimum Gasteiger partial charge on any atom is -0.481 e. The van der Waals surface area contributed by atoms with Crippen LogP contribution >= 0.6 is 22.7 Å². The van der Waals surface area contributed by atoms with Crippen LogP contribution in [0.15, 0.2) is 23.2 Å². The minimum atomic E-state index is -0.900. The maximum atomic E-state index is 12.2. The fraction of sp³-hybridized carbons (Fsp3) is 0.273. The summed E-state index contributed by atoms with van der Waals surface area (Å²) in [6.07, 6.45) is 3.68. The van der Waals surface area contributed by atoms with Crippen LogP contribution in [0, 0.1) is 0 Å². The van der Waals surface area contributed by atoms with Crippen molar-refractivity contribution in [1.29, 1.82) is 0 Å². The molecule has 1 amide bonds. The van der Waals surface area contributed by atoms with E-state index in [-0.39, 0.29) is 18.7 Å². The average Bonchev–Trinajstić information content (AvgIpc) is 3.01. The van der Waals surface area contributed by atoms with E-state index in [1.54, 1.807) is 23.2 Å². The van der Waals surface area contributed by atoms with Gasteiger partial charge in [0.25, 0.3) is 0 Å². The third-order valence-electron chi connectivity index (χ3n) is 2.25. The van der Waals surface area contributed by atoms with Crippen LogP contribution in [0.25, 0.3) is 0 Å². The number of carboxylic acid groups (broad SMARTS) is 1. The summed E-state index contributed by atoms with van der Waals surface area (Å²) in [5.41, 5.74) is 0. The number of rotatable bonds is 6. The van der Waals surface area contributed by atoms with Gasteiger partial charge in [-0.25, -0.2) is 14.9 Å². The zero-order valence-electron chi connectivity index (χ0n) is 9.85. The maximum absolute atomic E-state index is 12.2. The highest BCUT2D eigenvalue weighted by Crippen LogP contribution is 2.29. The first-order valence-electron chi connectivity index (χ1n) is 5.52. The molecule has 0 spiro atoms. The van der Waals surface area contributed by atoms with Crippen LogP contribution in [0.5, 0.6) is 0 Å². The molecule has 2 aromatic heterocycles. The summed E-state index contributed by atoms with van der Waals surface area (Å²) in [5.74, 6) is -1.09. The third kappa shape index (κ3) is 3.58. The van der Waals surface area contributed by atoms with Crippen LogP contribution in [0.4, 0.5) is 10.3 Å². The van der Waals surface area contributed by atoms with E-state index in [0.29, 0.717) is 16.7 Å². The van der Waals surface area contributed by atoms with E-state index in [0.717, 1.165) is 0 Å². The topological polar surface area (TPSA) is 83.4 Å². The van der Waals surface area contributed by atoms with Gasteiger partial charge < -0.3 is 5.11 Å². The zero-order valence-corrected chi connectivity index (χ0v) is 11.5. The number of anilines is 2. The number of aromatic nitrogens is 2. The molecule has 0 saturated carbocycles. The lowest BCUT2D eigenvalue weighted by Gasteiger charge is -2.16. The maximum Gasteiger partial charge on any atom is 0.303 e. The smallest absolute Gasteiger partial charge is 0.303 e. The predicted molar refractivity (Wildman–Crippen MR) is 72.9 cm³/mol. The van der Waals surface area contributed by atoms with Gasteiger partial charge in [0.15, 0.2) is 10.3 Å². The molecular formula is C11H11N3O3S2. The van der Waals surface area contributed by atoms with Gasteiger partial charge in [-0.1, -0.05) is 0 Å². The second-order valence-corrected chi connectivity index (χ2v) is 5.35. The fourth-order valence-corrected chi connectivity index (χ4v) is 2.83. The van der Waals surface area contributed by atoms with Gasteiger partial charge in [0, 0.05) is 36.0 Å². The Morgan fingerprint density at radius 3 is 2.11 bits per heavy atom. The molecule has 2 rings (SSSR count). The van der Waals surface area contributed by atoms with Gasteiger partial charge in [0.2, 0.25) is 5.91 Å². The molecule has 0 saturated heterocycles.